The second-order valence-corrected chi connectivity index (χ2v) is 12.4. The van der Waals surface area contributed by atoms with Crippen LogP contribution in [0.1, 0.15) is 53.4 Å². The summed E-state index contributed by atoms with van der Waals surface area (Å²) in [6, 6.07) is 15.7. The number of ether oxygens (including phenoxy) is 3. The van der Waals surface area contributed by atoms with Gasteiger partial charge in [-0.15, -0.1) is 10.2 Å². The molecule has 226 valence electrons. The Balaban J connectivity index is 1.25. The number of nitrogens with zero attached hydrogens (tertiary/aromatic N) is 5. The van der Waals surface area contributed by atoms with Crippen LogP contribution in [0, 0.1) is 11.8 Å². The highest BCUT2D eigenvalue weighted by atomic mass is 16.6. The first-order valence-corrected chi connectivity index (χ1v) is 15.0. The number of fused-ring (bicyclic) bond motifs is 2. The zero-order valence-electron chi connectivity index (χ0n) is 25.0. The van der Waals surface area contributed by atoms with E-state index in [9.17, 15) is 9.59 Å². The summed E-state index contributed by atoms with van der Waals surface area (Å²) < 4.78 is 19.9. The maximum Gasteiger partial charge on any atom is 0.411 e. The number of hydrogen-bond donors (Lipinski definition) is 1. The second-order valence-electron chi connectivity index (χ2n) is 12.4. The molecule has 0 spiro atoms. The lowest BCUT2D eigenvalue weighted by molar-refractivity contribution is -0.153. The smallest absolute Gasteiger partial charge is 0.411 e. The maximum atomic E-state index is 13.1. The van der Waals surface area contributed by atoms with Gasteiger partial charge in [0.2, 0.25) is 5.82 Å². The lowest BCUT2D eigenvalue weighted by atomic mass is 9.72. The summed E-state index contributed by atoms with van der Waals surface area (Å²) in [7, 11) is 0. The molecule has 43 heavy (non-hydrogen) atoms. The third-order valence-electron chi connectivity index (χ3n) is 8.33. The van der Waals surface area contributed by atoms with Crippen molar-refractivity contribution >= 4 is 23.0 Å². The number of aromatic amines is 1. The molecule has 0 radical (unpaired) electrons. The summed E-state index contributed by atoms with van der Waals surface area (Å²) >= 11 is 0. The molecule has 2 aromatic carbocycles. The molecule has 6 rings (SSSR count). The summed E-state index contributed by atoms with van der Waals surface area (Å²) in [4.78, 5) is 27.7. The SMILES string of the molecule is CCOC(=O)[C@@H]1C[C@@H]2C[C@@H](Oc3cc(-n4ccc5ccccc54)ccc3-c3nn[nH]n3)CC[C@H]2CN1C(=O)OC(C)(C)C. The summed E-state index contributed by atoms with van der Waals surface area (Å²) in [5.41, 5.74) is 2.16. The number of amides is 1. The minimum absolute atomic E-state index is 0.0838. The Hall–Kier alpha value is -4.41. The Bertz CT molecular complexity index is 1590. The van der Waals surface area contributed by atoms with E-state index in [1.54, 1.807) is 11.8 Å². The summed E-state index contributed by atoms with van der Waals surface area (Å²) in [6.07, 6.45) is 4.44. The predicted octanol–water partition coefficient (Wildman–Crippen LogP) is 5.55. The van der Waals surface area contributed by atoms with Gasteiger partial charge in [0.25, 0.3) is 0 Å². The predicted molar refractivity (Wildman–Crippen MR) is 160 cm³/mol. The van der Waals surface area contributed by atoms with Gasteiger partial charge in [-0.25, -0.2) is 9.59 Å². The Morgan fingerprint density at radius 1 is 1.05 bits per heavy atom. The fraction of sp³-hybridized carbons (Fsp3) is 0.469. The van der Waals surface area contributed by atoms with E-state index >= 15 is 0 Å². The average molecular weight is 587 g/mol. The van der Waals surface area contributed by atoms with Crippen molar-refractivity contribution in [1.29, 1.82) is 0 Å². The van der Waals surface area contributed by atoms with E-state index in [-0.39, 0.29) is 30.5 Å². The van der Waals surface area contributed by atoms with Crippen LogP contribution in [-0.2, 0) is 14.3 Å². The molecule has 11 heteroatoms. The van der Waals surface area contributed by atoms with Gasteiger partial charge >= 0.3 is 12.1 Å². The Morgan fingerprint density at radius 2 is 1.88 bits per heavy atom. The Kier molecular flexibility index (Phi) is 7.81. The van der Waals surface area contributed by atoms with Crippen molar-refractivity contribution in [2.24, 2.45) is 11.8 Å². The van der Waals surface area contributed by atoms with E-state index in [1.165, 1.54) is 0 Å². The van der Waals surface area contributed by atoms with Crippen LogP contribution in [0.5, 0.6) is 5.75 Å². The van der Waals surface area contributed by atoms with Gasteiger partial charge in [-0.2, -0.15) is 5.21 Å². The molecule has 1 saturated carbocycles. The van der Waals surface area contributed by atoms with Crippen molar-refractivity contribution in [3.8, 4) is 22.8 Å². The van der Waals surface area contributed by atoms with Gasteiger partial charge in [0.15, 0.2) is 0 Å². The molecule has 0 unspecified atom stereocenters. The molecule has 3 heterocycles. The number of rotatable bonds is 6. The van der Waals surface area contributed by atoms with Gasteiger partial charge in [0.05, 0.1) is 23.8 Å². The van der Waals surface area contributed by atoms with Gasteiger partial charge in [-0.05, 0) is 100 Å². The third kappa shape index (κ3) is 6.07. The maximum absolute atomic E-state index is 13.1. The van der Waals surface area contributed by atoms with Crippen LogP contribution in [-0.4, -0.2) is 73.1 Å². The van der Waals surface area contributed by atoms with E-state index in [4.69, 9.17) is 14.2 Å². The molecule has 1 saturated heterocycles. The summed E-state index contributed by atoms with van der Waals surface area (Å²) in [6.45, 7) is 7.98. The van der Waals surface area contributed by atoms with Crippen molar-refractivity contribution in [3.05, 3.63) is 54.7 Å². The summed E-state index contributed by atoms with van der Waals surface area (Å²) in [5, 5.41) is 15.9. The molecule has 2 fully saturated rings. The minimum atomic E-state index is -0.685. The highest BCUT2D eigenvalue weighted by Crippen LogP contribution is 2.42. The molecule has 1 N–H and O–H groups in total. The number of benzene rings is 2. The quantitative estimate of drug-likeness (QED) is 0.292. The first-order valence-electron chi connectivity index (χ1n) is 15.0. The number of aromatic nitrogens is 5. The Labute approximate surface area is 250 Å². The monoisotopic (exact) mass is 586 g/mol. The zero-order valence-corrected chi connectivity index (χ0v) is 25.0. The van der Waals surface area contributed by atoms with Crippen LogP contribution < -0.4 is 4.74 Å². The lowest BCUT2D eigenvalue weighted by Crippen LogP contribution is -2.56. The fourth-order valence-electron chi connectivity index (χ4n) is 6.40. The molecule has 1 aliphatic heterocycles. The van der Waals surface area contributed by atoms with Crippen LogP contribution in [0.4, 0.5) is 4.79 Å². The van der Waals surface area contributed by atoms with Crippen molar-refractivity contribution in [3.63, 3.8) is 0 Å². The van der Waals surface area contributed by atoms with Crippen LogP contribution in [0.25, 0.3) is 28.0 Å². The van der Waals surface area contributed by atoms with Crippen molar-refractivity contribution < 1.29 is 23.8 Å². The van der Waals surface area contributed by atoms with Crippen molar-refractivity contribution in [2.75, 3.05) is 13.2 Å². The molecule has 4 atom stereocenters. The lowest BCUT2D eigenvalue weighted by Gasteiger charge is -2.46. The fourth-order valence-corrected chi connectivity index (χ4v) is 6.40. The van der Waals surface area contributed by atoms with Gasteiger partial charge in [-0.1, -0.05) is 18.2 Å². The van der Waals surface area contributed by atoms with E-state index in [0.717, 1.165) is 41.4 Å². The largest absolute Gasteiger partial charge is 0.490 e. The number of H-pyrrole nitrogens is 1. The number of nitrogens with one attached hydrogen (secondary N) is 1. The van der Waals surface area contributed by atoms with E-state index in [1.807, 2.05) is 51.1 Å². The van der Waals surface area contributed by atoms with E-state index in [0.29, 0.717) is 24.5 Å². The van der Waals surface area contributed by atoms with Crippen LogP contribution >= 0.6 is 0 Å². The van der Waals surface area contributed by atoms with Gasteiger partial charge in [0, 0.05) is 24.5 Å². The van der Waals surface area contributed by atoms with Gasteiger partial charge in [0.1, 0.15) is 17.4 Å². The first kappa shape index (κ1) is 28.7. The third-order valence-corrected chi connectivity index (χ3v) is 8.33. The summed E-state index contributed by atoms with van der Waals surface area (Å²) in [5.74, 6) is 1.18. The topological polar surface area (TPSA) is 124 Å². The number of para-hydroxylation sites is 1. The van der Waals surface area contributed by atoms with E-state index in [2.05, 4.69) is 49.6 Å². The number of hydrogen-bond acceptors (Lipinski definition) is 8. The standard InChI is InChI=1S/C32H38N6O5/c1-5-41-30(39)27-17-22-16-24(12-10-21(22)19-38(27)31(40)43-32(2,3)4)42-28-18-23(11-13-25(28)29-33-35-36-34-29)37-15-14-20-8-6-7-9-26(20)37/h6-9,11,13-15,18,21-22,24,27H,5,10,12,16-17,19H2,1-4H3,(H,33,34,35,36)/t21-,22-,24-,27-/m0/s1. The number of tetrazole rings is 1. The molecular weight excluding hydrogens is 548 g/mol. The molecule has 0 bridgehead atoms. The van der Waals surface area contributed by atoms with Gasteiger partial charge < -0.3 is 18.8 Å². The number of likely N-dealkylation sites (tertiary alicyclic amines) is 1. The number of piperidine rings is 1. The Morgan fingerprint density at radius 3 is 2.65 bits per heavy atom. The molecular formula is C32H38N6O5. The van der Waals surface area contributed by atoms with Crippen LogP contribution in [0.2, 0.25) is 0 Å². The number of esters is 1. The molecule has 11 nitrogen and oxygen atoms in total. The molecule has 2 aromatic heterocycles. The van der Waals surface area contributed by atoms with Crippen LogP contribution in [0.15, 0.2) is 54.7 Å². The number of carbonyl (C=O) groups excluding carboxylic acids is 2. The highest BCUT2D eigenvalue weighted by Gasteiger charge is 2.46. The second kappa shape index (κ2) is 11.7. The normalized spacial score (nSPS) is 22.2. The van der Waals surface area contributed by atoms with Gasteiger partial charge in [-0.3, -0.25) is 4.90 Å². The first-order chi connectivity index (χ1) is 20.7. The van der Waals surface area contributed by atoms with Crippen molar-refractivity contribution in [2.45, 2.75) is 71.1 Å². The minimum Gasteiger partial charge on any atom is -0.490 e. The molecule has 1 amide bonds. The van der Waals surface area contributed by atoms with Crippen molar-refractivity contribution in [1.82, 2.24) is 30.1 Å². The zero-order chi connectivity index (χ0) is 30.1. The molecule has 1 aliphatic carbocycles. The molecule has 4 aromatic rings. The van der Waals surface area contributed by atoms with Crippen LogP contribution in [0.3, 0.4) is 0 Å². The van der Waals surface area contributed by atoms with E-state index < -0.39 is 17.7 Å². The average Bonchev–Trinajstić information content (AvgIpc) is 3.66. The molecule has 2 aliphatic rings. The number of carbonyl (C=O) groups is 2. The highest BCUT2D eigenvalue weighted by molar-refractivity contribution is 5.83.